The molecule has 0 saturated carbocycles. The van der Waals surface area contributed by atoms with Crippen molar-refractivity contribution in [2.75, 3.05) is 0 Å². The Kier molecular flexibility index (Phi) is 3.62. The highest BCUT2D eigenvalue weighted by Gasteiger charge is 2.16. The summed E-state index contributed by atoms with van der Waals surface area (Å²) in [5.74, 6) is -0.376. The average Bonchev–Trinajstić information content (AvgIpc) is 3.05. The van der Waals surface area contributed by atoms with Crippen molar-refractivity contribution in [1.29, 1.82) is 0 Å². The van der Waals surface area contributed by atoms with Crippen LogP contribution in [0.4, 0.5) is 4.39 Å². The van der Waals surface area contributed by atoms with Crippen molar-refractivity contribution in [2.24, 2.45) is 0 Å². The van der Waals surface area contributed by atoms with Gasteiger partial charge in [0.2, 0.25) is 0 Å². The maximum Gasteiger partial charge on any atom is 0.298 e. The molecule has 0 amide bonds. The van der Waals surface area contributed by atoms with Gasteiger partial charge in [0, 0.05) is 10.4 Å². The van der Waals surface area contributed by atoms with Gasteiger partial charge in [0.05, 0.1) is 23.3 Å². The number of aryl methyl sites for hydroxylation is 1. The molecule has 0 aliphatic rings. The molecule has 7 heteroatoms. The molecule has 5 nitrogen and oxygen atoms in total. The molecule has 0 bridgehead atoms. The van der Waals surface area contributed by atoms with Crippen LogP contribution < -0.4 is 5.56 Å². The molecule has 4 aromatic rings. The number of halogens is 2. The molecule has 0 aliphatic heterocycles. The van der Waals surface area contributed by atoms with E-state index in [9.17, 15) is 9.18 Å². The van der Waals surface area contributed by atoms with Crippen molar-refractivity contribution in [3.05, 3.63) is 81.6 Å². The maximum atomic E-state index is 13.2. The average molecular weight is 355 g/mol. The molecule has 0 N–H and O–H groups in total. The third kappa shape index (κ3) is 2.60. The molecular weight excluding hydrogens is 343 g/mol. The number of rotatable bonds is 2. The summed E-state index contributed by atoms with van der Waals surface area (Å²) in [5, 5.41) is 9.85. The highest BCUT2D eigenvalue weighted by Crippen LogP contribution is 2.20. The lowest BCUT2D eigenvalue weighted by Crippen LogP contribution is -2.24. The van der Waals surface area contributed by atoms with E-state index in [4.69, 9.17) is 11.6 Å². The molecule has 2 aromatic carbocycles. The minimum absolute atomic E-state index is 0.343. The van der Waals surface area contributed by atoms with E-state index in [1.54, 1.807) is 31.3 Å². The molecule has 2 heterocycles. The van der Waals surface area contributed by atoms with Crippen LogP contribution in [0.2, 0.25) is 5.02 Å². The van der Waals surface area contributed by atoms with Crippen molar-refractivity contribution in [1.82, 2.24) is 19.6 Å². The van der Waals surface area contributed by atoms with Gasteiger partial charge in [-0.25, -0.2) is 9.07 Å². The van der Waals surface area contributed by atoms with Gasteiger partial charge < -0.3 is 0 Å². The van der Waals surface area contributed by atoms with Gasteiger partial charge >= 0.3 is 0 Å². The SMILES string of the molecule is Cc1nn(-c2ccc(F)cc2)c(=O)c2c1cnn2-c1cccc(Cl)c1. The van der Waals surface area contributed by atoms with E-state index in [1.165, 1.54) is 33.6 Å². The highest BCUT2D eigenvalue weighted by molar-refractivity contribution is 6.30. The summed E-state index contributed by atoms with van der Waals surface area (Å²) in [6, 6.07) is 12.7. The first kappa shape index (κ1) is 15.5. The van der Waals surface area contributed by atoms with Gasteiger partial charge in [0.25, 0.3) is 5.56 Å². The molecular formula is C18H12ClFN4O. The van der Waals surface area contributed by atoms with Gasteiger partial charge in [-0.3, -0.25) is 4.79 Å². The Balaban J connectivity index is 2.02. The molecule has 124 valence electrons. The monoisotopic (exact) mass is 354 g/mol. The third-order valence-corrected chi connectivity index (χ3v) is 4.16. The standard InChI is InChI=1S/C18H12ClFN4O/c1-11-16-10-21-23(15-4-2-3-12(19)9-15)17(16)18(25)24(22-11)14-7-5-13(20)6-8-14/h2-10H,1H3. The fraction of sp³-hybridized carbons (Fsp3) is 0.0556. The summed E-state index contributed by atoms with van der Waals surface area (Å²) in [6.07, 6.45) is 1.61. The molecule has 0 saturated heterocycles. The van der Waals surface area contributed by atoms with Crippen LogP contribution in [-0.2, 0) is 0 Å². The largest absolute Gasteiger partial charge is 0.298 e. The van der Waals surface area contributed by atoms with Crippen molar-refractivity contribution < 1.29 is 4.39 Å². The Morgan fingerprint density at radius 3 is 2.52 bits per heavy atom. The van der Waals surface area contributed by atoms with E-state index in [1.807, 2.05) is 6.07 Å². The number of benzene rings is 2. The molecule has 25 heavy (non-hydrogen) atoms. The fourth-order valence-corrected chi connectivity index (χ4v) is 2.91. The Morgan fingerprint density at radius 2 is 1.80 bits per heavy atom. The second-order valence-corrected chi connectivity index (χ2v) is 6.01. The zero-order valence-electron chi connectivity index (χ0n) is 13.1. The summed E-state index contributed by atoms with van der Waals surface area (Å²) < 4.78 is 16.0. The highest BCUT2D eigenvalue weighted by atomic mass is 35.5. The number of hydrogen-bond donors (Lipinski definition) is 0. The van der Waals surface area contributed by atoms with Crippen LogP contribution >= 0.6 is 11.6 Å². The number of hydrogen-bond acceptors (Lipinski definition) is 3. The van der Waals surface area contributed by atoms with Crippen molar-refractivity contribution in [3.8, 4) is 11.4 Å². The minimum Gasteiger partial charge on any atom is -0.265 e. The number of nitrogens with zero attached hydrogens (tertiary/aromatic N) is 4. The predicted octanol–water partition coefficient (Wildman–Crippen LogP) is 3.67. The van der Waals surface area contributed by atoms with Crippen LogP contribution in [0.3, 0.4) is 0 Å². The lowest BCUT2D eigenvalue weighted by molar-refractivity contribution is 0.626. The summed E-state index contributed by atoms with van der Waals surface area (Å²) in [5.41, 5.74) is 1.85. The van der Waals surface area contributed by atoms with Gasteiger partial charge in [-0.05, 0) is 49.4 Å². The second-order valence-electron chi connectivity index (χ2n) is 5.58. The third-order valence-electron chi connectivity index (χ3n) is 3.93. The lowest BCUT2D eigenvalue weighted by Gasteiger charge is -2.08. The second kappa shape index (κ2) is 5.82. The maximum absolute atomic E-state index is 13.2. The molecule has 0 atom stereocenters. The topological polar surface area (TPSA) is 52.7 Å². The molecule has 4 rings (SSSR count). The molecule has 0 fully saturated rings. The van der Waals surface area contributed by atoms with E-state index in [-0.39, 0.29) is 11.4 Å². The normalized spacial score (nSPS) is 11.2. The first-order valence-corrected chi connectivity index (χ1v) is 7.92. The Morgan fingerprint density at radius 1 is 1.04 bits per heavy atom. The first-order chi connectivity index (χ1) is 12.0. The van der Waals surface area contributed by atoms with E-state index >= 15 is 0 Å². The zero-order valence-corrected chi connectivity index (χ0v) is 13.9. The fourth-order valence-electron chi connectivity index (χ4n) is 2.73. The van der Waals surface area contributed by atoms with Crippen molar-refractivity contribution in [3.63, 3.8) is 0 Å². The van der Waals surface area contributed by atoms with Crippen LogP contribution in [0, 0.1) is 12.7 Å². The molecule has 0 radical (unpaired) electrons. The van der Waals surface area contributed by atoms with Crippen molar-refractivity contribution >= 4 is 22.5 Å². The first-order valence-electron chi connectivity index (χ1n) is 7.54. The zero-order chi connectivity index (χ0) is 17.6. The Hall–Kier alpha value is -2.99. The molecule has 0 unspecified atom stereocenters. The van der Waals surface area contributed by atoms with Crippen LogP contribution in [0.15, 0.2) is 59.5 Å². The van der Waals surface area contributed by atoms with E-state index in [0.29, 0.717) is 33.0 Å². The smallest absolute Gasteiger partial charge is 0.265 e. The number of aromatic nitrogens is 4. The van der Waals surface area contributed by atoms with Crippen LogP contribution in [0.25, 0.3) is 22.3 Å². The lowest BCUT2D eigenvalue weighted by atomic mass is 10.2. The van der Waals surface area contributed by atoms with Crippen LogP contribution in [0.5, 0.6) is 0 Å². The quantitative estimate of drug-likeness (QED) is 0.552. The molecule has 0 spiro atoms. The number of fused-ring (bicyclic) bond motifs is 1. The summed E-state index contributed by atoms with van der Waals surface area (Å²) in [4.78, 5) is 13.0. The van der Waals surface area contributed by atoms with E-state index in [0.717, 1.165) is 0 Å². The van der Waals surface area contributed by atoms with Crippen LogP contribution in [0.1, 0.15) is 5.69 Å². The summed E-state index contributed by atoms with van der Waals surface area (Å²) in [6.45, 7) is 1.80. The van der Waals surface area contributed by atoms with Crippen LogP contribution in [-0.4, -0.2) is 19.6 Å². The van der Waals surface area contributed by atoms with E-state index in [2.05, 4.69) is 10.2 Å². The van der Waals surface area contributed by atoms with Gasteiger partial charge in [-0.2, -0.15) is 14.9 Å². The van der Waals surface area contributed by atoms with E-state index < -0.39 is 0 Å². The van der Waals surface area contributed by atoms with Gasteiger partial charge in [-0.15, -0.1) is 0 Å². The predicted molar refractivity (Wildman–Crippen MR) is 94.2 cm³/mol. The van der Waals surface area contributed by atoms with Gasteiger partial charge in [0.15, 0.2) is 0 Å². The van der Waals surface area contributed by atoms with Gasteiger partial charge in [-0.1, -0.05) is 17.7 Å². The van der Waals surface area contributed by atoms with Gasteiger partial charge in [0.1, 0.15) is 11.3 Å². The molecule has 0 aliphatic carbocycles. The summed E-state index contributed by atoms with van der Waals surface area (Å²) in [7, 11) is 0. The minimum atomic E-state index is -0.376. The molecule has 2 aromatic heterocycles. The van der Waals surface area contributed by atoms with Crippen molar-refractivity contribution in [2.45, 2.75) is 6.92 Å². The summed E-state index contributed by atoms with van der Waals surface area (Å²) >= 11 is 6.05. The Bertz CT molecular complexity index is 1150. The Labute approximate surface area is 146 Å².